The van der Waals surface area contributed by atoms with Crippen LogP contribution in [0.1, 0.15) is 16.8 Å². The predicted molar refractivity (Wildman–Crippen MR) is 75.8 cm³/mol. The molecule has 1 unspecified atom stereocenters. The lowest BCUT2D eigenvalue weighted by atomic mass is 9.99. The van der Waals surface area contributed by atoms with E-state index < -0.39 is 0 Å². The number of aromatic amines is 1. The lowest BCUT2D eigenvalue weighted by Gasteiger charge is -2.33. The summed E-state index contributed by atoms with van der Waals surface area (Å²) in [7, 11) is 0. The van der Waals surface area contributed by atoms with Crippen LogP contribution in [0.25, 0.3) is 0 Å². The summed E-state index contributed by atoms with van der Waals surface area (Å²) in [5.74, 6) is 0. The molecule has 5 heteroatoms. The Bertz CT molecular complexity index is 567. The van der Waals surface area contributed by atoms with Crippen LogP contribution in [0.4, 0.5) is 0 Å². The fraction of sp³-hybridized carbons (Fsp3) is 0.333. The van der Waals surface area contributed by atoms with Crippen LogP contribution in [0, 0.1) is 0 Å². The molecule has 3 rings (SSSR count). The van der Waals surface area contributed by atoms with E-state index >= 15 is 0 Å². The minimum absolute atomic E-state index is 0.0707. The fourth-order valence-corrected chi connectivity index (χ4v) is 2.63. The Labute approximate surface area is 118 Å². The van der Waals surface area contributed by atoms with E-state index in [1.807, 2.05) is 11.1 Å². The van der Waals surface area contributed by atoms with Crippen molar-refractivity contribution in [1.29, 1.82) is 0 Å². The van der Waals surface area contributed by atoms with Crippen LogP contribution in [0.3, 0.4) is 0 Å². The summed E-state index contributed by atoms with van der Waals surface area (Å²) < 4.78 is 0. The Morgan fingerprint density at radius 2 is 2.20 bits per heavy atom. The van der Waals surface area contributed by atoms with Gasteiger partial charge >= 0.3 is 0 Å². The molecule has 0 saturated carbocycles. The zero-order chi connectivity index (χ0) is 13.8. The summed E-state index contributed by atoms with van der Waals surface area (Å²) in [6, 6.07) is 8.37. The zero-order valence-electron chi connectivity index (χ0n) is 11.2. The summed E-state index contributed by atoms with van der Waals surface area (Å²) in [5, 5.41) is 3.42. The third-order valence-corrected chi connectivity index (χ3v) is 3.78. The molecule has 1 aliphatic heterocycles. The van der Waals surface area contributed by atoms with E-state index in [0.717, 1.165) is 31.5 Å². The van der Waals surface area contributed by atoms with Gasteiger partial charge in [-0.15, -0.1) is 0 Å². The summed E-state index contributed by atoms with van der Waals surface area (Å²) >= 11 is 0. The van der Waals surface area contributed by atoms with E-state index in [4.69, 9.17) is 0 Å². The highest BCUT2D eigenvalue weighted by Crippen LogP contribution is 2.17. The van der Waals surface area contributed by atoms with Crippen molar-refractivity contribution < 1.29 is 4.79 Å². The standard InChI is InChI=1S/C15H18N4O/c20-11-19(6-5-14-9-16-10-18-14)15-7-12-3-1-2-4-13(12)8-17-15/h1-4,9-11,15,17H,5-8H2,(H,16,18). The molecule has 0 spiro atoms. The van der Waals surface area contributed by atoms with Crippen molar-refractivity contribution in [2.24, 2.45) is 0 Å². The first-order valence-electron chi connectivity index (χ1n) is 6.85. The van der Waals surface area contributed by atoms with Gasteiger partial charge in [0.1, 0.15) is 0 Å². The number of benzene rings is 1. The SMILES string of the molecule is O=CN(CCc1c[nH]cn1)C1Cc2ccccc2CN1. The van der Waals surface area contributed by atoms with E-state index in [-0.39, 0.29) is 6.17 Å². The van der Waals surface area contributed by atoms with Crippen LogP contribution >= 0.6 is 0 Å². The average molecular weight is 270 g/mol. The van der Waals surface area contributed by atoms with Gasteiger partial charge in [0.05, 0.1) is 18.2 Å². The molecule has 2 heterocycles. The zero-order valence-corrected chi connectivity index (χ0v) is 11.2. The van der Waals surface area contributed by atoms with E-state index in [9.17, 15) is 4.79 Å². The molecule has 0 bridgehead atoms. The van der Waals surface area contributed by atoms with Crippen molar-refractivity contribution in [2.45, 2.75) is 25.6 Å². The van der Waals surface area contributed by atoms with Gasteiger partial charge in [0.2, 0.25) is 6.41 Å². The quantitative estimate of drug-likeness (QED) is 0.799. The molecule has 1 aromatic heterocycles. The second kappa shape index (κ2) is 5.88. The molecule has 2 aromatic rings. The number of hydrogen-bond donors (Lipinski definition) is 2. The number of carbonyl (C=O) groups excluding carboxylic acids is 1. The summed E-state index contributed by atoms with van der Waals surface area (Å²) in [6.07, 6.45) is 6.15. The highest BCUT2D eigenvalue weighted by molar-refractivity contribution is 5.48. The van der Waals surface area contributed by atoms with Crippen LogP contribution in [-0.4, -0.2) is 34.0 Å². The number of nitrogens with one attached hydrogen (secondary N) is 2. The van der Waals surface area contributed by atoms with Crippen molar-refractivity contribution in [1.82, 2.24) is 20.2 Å². The monoisotopic (exact) mass is 270 g/mol. The number of aromatic nitrogens is 2. The summed E-state index contributed by atoms with van der Waals surface area (Å²) in [5.41, 5.74) is 3.62. The Hall–Kier alpha value is -2.14. The van der Waals surface area contributed by atoms with Crippen LogP contribution in [0.2, 0.25) is 0 Å². The number of hydrogen-bond acceptors (Lipinski definition) is 3. The van der Waals surface area contributed by atoms with Gasteiger partial charge in [-0.2, -0.15) is 0 Å². The van der Waals surface area contributed by atoms with E-state index in [1.54, 1.807) is 6.33 Å². The van der Waals surface area contributed by atoms with Crippen LogP contribution < -0.4 is 5.32 Å². The molecular weight excluding hydrogens is 252 g/mol. The van der Waals surface area contributed by atoms with Crippen LogP contribution in [0.15, 0.2) is 36.8 Å². The first kappa shape index (κ1) is 12.9. The van der Waals surface area contributed by atoms with E-state index in [1.165, 1.54) is 11.1 Å². The maximum atomic E-state index is 11.3. The number of imidazole rings is 1. The number of carbonyl (C=O) groups is 1. The van der Waals surface area contributed by atoms with Gasteiger partial charge in [0, 0.05) is 32.1 Å². The maximum absolute atomic E-state index is 11.3. The Balaban J connectivity index is 1.64. The van der Waals surface area contributed by atoms with Crippen molar-refractivity contribution in [3.63, 3.8) is 0 Å². The van der Waals surface area contributed by atoms with E-state index in [2.05, 4.69) is 39.6 Å². The lowest BCUT2D eigenvalue weighted by molar-refractivity contribution is -0.121. The molecule has 5 nitrogen and oxygen atoms in total. The molecule has 1 atom stereocenters. The summed E-state index contributed by atoms with van der Waals surface area (Å²) in [4.78, 5) is 20.3. The first-order chi connectivity index (χ1) is 9.86. The highest BCUT2D eigenvalue weighted by atomic mass is 16.1. The van der Waals surface area contributed by atoms with Gasteiger partial charge in [-0.25, -0.2) is 4.98 Å². The number of rotatable bonds is 5. The Morgan fingerprint density at radius 1 is 1.35 bits per heavy atom. The molecule has 0 saturated heterocycles. The van der Waals surface area contributed by atoms with Gasteiger partial charge in [-0.3, -0.25) is 10.1 Å². The smallest absolute Gasteiger partial charge is 0.210 e. The topological polar surface area (TPSA) is 61.0 Å². The molecule has 104 valence electrons. The minimum Gasteiger partial charge on any atom is -0.351 e. The molecule has 2 N–H and O–H groups in total. The molecule has 1 amide bonds. The Kier molecular flexibility index (Phi) is 3.78. The first-order valence-corrected chi connectivity index (χ1v) is 6.85. The molecule has 0 aliphatic carbocycles. The third kappa shape index (κ3) is 2.72. The molecule has 0 fully saturated rings. The van der Waals surface area contributed by atoms with Crippen molar-refractivity contribution in [3.05, 3.63) is 53.6 Å². The normalized spacial score (nSPS) is 17.5. The number of fused-ring (bicyclic) bond motifs is 1. The Morgan fingerprint density at radius 3 is 2.95 bits per heavy atom. The molecule has 20 heavy (non-hydrogen) atoms. The van der Waals surface area contributed by atoms with Crippen LogP contribution in [-0.2, 0) is 24.2 Å². The van der Waals surface area contributed by atoms with Crippen molar-refractivity contribution in [2.75, 3.05) is 6.54 Å². The second-order valence-electron chi connectivity index (χ2n) is 5.02. The third-order valence-electron chi connectivity index (χ3n) is 3.78. The second-order valence-corrected chi connectivity index (χ2v) is 5.02. The van der Waals surface area contributed by atoms with Crippen molar-refractivity contribution >= 4 is 6.41 Å². The van der Waals surface area contributed by atoms with Gasteiger partial charge in [0.25, 0.3) is 0 Å². The number of H-pyrrole nitrogens is 1. The van der Waals surface area contributed by atoms with Crippen LogP contribution in [0.5, 0.6) is 0 Å². The van der Waals surface area contributed by atoms with Gasteiger partial charge in [-0.1, -0.05) is 24.3 Å². The van der Waals surface area contributed by atoms with Gasteiger partial charge in [-0.05, 0) is 11.1 Å². The fourth-order valence-electron chi connectivity index (χ4n) is 2.63. The van der Waals surface area contributed by atoms with Crippen molar-refractivity contribution in [3.8, 4) is 0 Å². The number of amides is 1. The largest absolute Gasteiger partial charge is 0.351 e. The number of nitrogens with zero attached hydrogens (tertiary/aromatic N) is 2. The average Bonchev–Trinajstić information content (AvgIpc) is 3.01. The molecule has 1 aromatic carbocycles. The molecule has 0 radical (unpaired) electrons. The predicted octanol–water partition coefficient (Wildman–Crippen LogP) is 1.08. The molecule has 1 aliphatic rings. The summed E-state index contributed by atoms with van der Waals surface area (Å²) in [6.45, 7) is 1.49. The lowest BCUT2D eigenvalue weighted by Crippen LogP contribution is -2.49. The van der Waals surface area contributed by atoms with E-state index in [0.29, 0.717) is 6.54 Å². The minimum atomic E-state index is 0.0707. The highest BCUT2D eigenvalue weighted by Gasteiger charge is 2.22. The van der Waals surface area contributed by atoms with Gasteiger partial charge < -0.3 is 9.88 Å². The maximum Gasteiger partial charge on any atom is 0.210 e. The van der Waals surface area contributed by atoms with Gasteiger partial charge in [0.15, 0.2) is 0 Å². The molecular formula is C15H18N4O.